The monoisotopic (exact) mass is 397 g/mol. The molecule has 0 aliphatic carbocycles. The van der Waals surface area contributed by atoms with Gasteiger partial charge < -0.3 is 5.11 Å². The van der Waals surface area contributed by atoms with E-state index in [9.17, 15) is 9.90 Å². The van der Waals surface area contributed by atoms with Crippen LogP contribution in [0, 0.1) is 0 Å². The molecule has 1 amide bonds. The van der Waals surface area contributed by atoms with Crippen molar-refractivity contribution in [2.75, 3.05) is 0 Å². The number of aromatic hydroxyl groups is 1. The van der Waals surface area contributed by atoms with Crippen LogP contribution in [-0.2, 0) is 0 Å². The molecule has 7 heteroatoms. The van der Waals surface area contributed by atoms with Gasteiger partial charge in [0.2, 0.25) is 0 Å². The largest absolute Gasteiger partial charge is 0.506 e. The zero-order valence-corrected chi connectivity index (χ0v) is 13.2. The Balaban J connectivity index is 2.06. The zero-order chi connectivity index (χ0) is 14.5. The molecular weight excluding hydrogens is 390 g/mol. The number of halogens is 2. The number of hydrazone groups is 1. The maximum atomic E-state index is 11.7. The Morgan fingerprint density at radius 1 is 1.25 bits per heavy atom. The lowest BCUT2D eigenvalue weighted by Crippen LogP contribution is -2.17. The highest BCUT2D eigenvalue weighted by Gasteiger charge is 2.05. The summed E-state index contributed by atoms with van der Waals surface area (Å²) in [5.41, 5.74) is 3.61. The average Bonchev–Trinajstić information content (AvgIpc) is 2.45. The quantitative estimate of drug-likeness (QED) is 0.616. The van der Waals surface area contributed by atoms with Crippen LogP contribution in [0.25, 0.3) is 0 Å². The van der Waals surface area contributed by atoms with Crippen LogP contribution in [0.2, 0.25) is 0 Å². The molecule has 0 atom stereocenters. The predicted molar refractivity (Wildman–Crippen MR) is 82.8 cm³/mol. The van der Waals surface area contributed by atoms with Gasteiger partial charge in [0.25, 0.3) is 5.91 Å². The Morgan fingerprint density at radius 2 is 1.85 bits per heavy atom. The Kier molecular flexibility index (Phi) is 4.86. The van der Waals surface area contributed by atoms with Crippen molar-refractivity contribution in [1.29, 1.82) is 0 Å². The van der Waals surface area contributed by atoms with E-state index in [-0.39, 0.29) is 11.7 Å². The van der Waals surface area contributed by atoms with Gasteiger partial charge in [0.15, 0.2) is 0 Å². The second-order valence-electron chi connectivity index (χ2n) is 3.77. The Hall–Kier alpha value is -1.73. The van der Waals surface area contributed by atoms with Crippen molar-refractivity contribution in [3.8, 4) is 5.75 Å². The van der Waals surface area contributed by atoms with Crippen molar-refractivity contribution in [1.82, 2.24) is 10.4 Å². The normalized spacial score (nSPS) is 10.7. The molecule has 0 fully saturated rings. The molecule has 0 saturated heterocycles. The summed E-state index contributed by atoms with van der Waals surface area (Å²) in [6.45, 7) is 0. The smallest absolute Gasteiger partial charge is 0.271 e. The van der Waals surface area contributed by atoms with Crippen molar-refractivity contribution in [2.45, 2.75) is 0 Å². The van der Waals surface area contributed by atoms with Crippen LogP contribution in [-0.4, -0.2) is 22.2 Å². The number of carbonyl (C=O) groups excluding carboxylic acids is 1. The molecular formula is C13H9Br2N3O2. The number of hydrogen-bond donors (Lipinski definition) is 2. The average molecular weight is 399 g/mol. The number of hydrogen-bond acceptors (Lipinski definition) is 4. The fourth-order valence-electron chi connectivity index (χ4n) is 1.39. The zero-order valence-electron chi connectivity index (χ0n) is 10.0. The van der Waals surface area contributed by atoms with Gasteiger partial charge in [-0.15, -0.1) is 0 Å². The van der Waals surface area contributed by atoms with E-state index in [0.29, 0.717) is 14.5 Å². The van der Waals surface area contributed by atoms with E-state index >= 15 is 0 Å². The summed E-state index contributed by atoms with van der Waals surface area (Å²) >= 11 is 6.44. The molecule has 2 aromatic rings. The fourth-order valence-corrected chi connectivity index (χ4v) is 2.61. The van der Waals surface area contributed by atoms with Gasteiger partial charge in [0.1, 0.15) is 5.75 Å². The van der Waals surface area contributed by atoms with E-state index in [2.05, 4.69) is 47.4 Å². The highest BCUT2D eigenvalue weighted by molar-refractivity contribution is 9.11. The number of aromatic nitrogens is 1. The standard InChI is InChI=1S/C13H9Br2N3O2/c14-10-5-8(6-11(15)12(10)19)7-17-18-13(20)9-1-3-16-4-2-9/h1-7,19H,(H,18,20)/b17-7-. The first kappa shape index (κ1) is 14.7. The minimum Gasteiger partial charge on any atom is -0.506 e. The number of rotatable bonds is 3. The van der Waals surface area contributed by atoms with Crippen LogP contribution in [0.5, 0.6) is 5.75 Å². The molecule has 0 spiro atoms. The molecule has 0 radical (unpaired) electrons. The van der Waals surface area contributed by atoms with E-state index in [1.54, 1.807) is 24.3 Å². The highest BCUT2D eigenvalue weighted by Crippen LogP contribution is 2.32. The summed E-state index contributed by atoms with van der Waals surface area (Å²) in [6.07, 6.45) is 4.55. The van der Waals surface area contributed by atoms with Crippen molar-refractivity contribution in [3.63, 3.8) is 0 Å². The van der Waals surface area contributed by atoms with Gasteiger partial charge in [-0.3, -0.25) is 9.78 Å². The van der Waals surface area contributed by atoms with Crippen LogP contribution < -0.4 is 5.43 Å². The molecule has 2 N–H and O–H groups in total. The van der Waals surface area contributed by atoms with E-state index in [1.165, 1.54) is 18.6 Å². The number of nitrogens with one attached hydrogen (secondary N) is 1. The molecule has 0 aliphatic rings. The minimum atomic E-state index is -0.319. The molecule has 0 bridgehead atoms. The molecule has 20 heavy (non-hydrogen) atoms. The Labute approximate surface area is 132 Å². The maximum absolute atomic E-state index is 11.7. The summed E-state index contributed by atoms with van der Waals surface area (Å²) in [7, 11) is 0. The van der Waals surface area contributed by atoms with Gasteiger partial charge in [-0.25, -0.2) is 5.43 Å². The Morgan fingerprint density at radius 3 is 2.45 bits per heavy atom. The second-order valence-corrected chi connectivity index (χ2v) is 5.48. The highest BCUT2D eigenvalue weighted by atomic mass is 79.9. The van der Waals surface area contributed by atoms with Crippen molar-refractivity contribution >= 4 is 44.0 Å². The third-order valence-corrected chi connectivity index (χ3v) is 3.57. The van der Waals surface area contributed by atoms with Crippen LogP contribution in [0.3, 0.4) is 0 Å². The van der Waals surface area contributed by atoms with E-state index in [1.807, 2.05) is 0 Å². The fraction of sp³-hybridized carbons (Fsp3) is 0. The SMILES string of the molecule is O=C(N/N=C\c1cc(Br)c(O)c(Br)c1)c1ccncc1. The number of amides is 1. The number of nitrogens with zero attached hydrogens (tertiary/aromatic N) is 2. The van der Waals surface area contributed by atoms with E-state index in [4.69, 9.17) is 0 Å². The lowest BCUT2D eigenvalue weighted by Gasteiger charge is -2.02. The van der Waals surface area contributed by atoms with E-state index < -0.39 is 0 Å². The summed E-state index contributed by atoms with van der Waals surface area (Å²) < 4.78 is 1.07. The van der Waals surface area contributed by atoms with E-state index in [0.717, 1.165) is 5.56 Å². The van der Waals surface area contributed by atoms with Gasteiger partial charge in [0.05, 0.1) is 15.2 Å². The van der Waals surface area contributed by atoms with Crippen LogP contribution in [0.4, 0.5) is 0 Å². The molecule has 0 saturated carbocycles. The lowest BCUT2D eigenvalue weighted by atomic mass is 10.2. The first-order valence-electron chi connectivity index (χ1n) is 5.49. The molecule has 2 rings (SSSR count). The van der Waals surface area contributed by atoms with Crippen LogP contribution in [0.15, 0.2) is 50.7 Å². The topological polar surface area (TPSA) is 74.6 Å². The molecule has 1 aromatic heterocycles. The lowest BCUT2D eigenvalue weighted by molar-refractivity contribution is 0.0955. The molecule has 5 nitrogen and oxygen atoms in total. The van der Waals surface area contributed by atoms with Gasteiger partial charge in [-0.05, 0) is 61.7 Å². The summed E-state index contributed by atoms with van der Waals surface area (Å²) in [4.78, 5) is 15.5. The second kappa shape index (κ2) is 6.62. The molecule has 1 aromatic carbocycles. The first-order valence-corrected chi connectivity index (χ1v) is 7.08. The molecule has 1 heterocycles. The van der Waals surface area contributed by atoms with Gasteiger partial charge in [-0.2, -0.15) is 5.10 Å². The number of phenols is 1. The third kappa shape index (κ3) is 3.64. The van der Waals surface area contributed by atoms with Crippen molar-refractivity contribution in [3.05, 3.63) is 56.7 Å². The van der Waals surface area contributed by atoms with Crippen LogP contribution in [0.1, 0.15) is 15.9 Å². The first-order chi connectivity index (χ1) is 9.58. The number of pyridine rings is 1. The Bertz CT molecular complexity index is 637. The van der Waals surface area contributed by atoms with Crippen molar-refractivity contribution in [2.24, 2.45) is 5.10 Å². The molecule has 0 unspecified atom stereocenters. The summed E-state index contributed by atoms with van der Waals surface area (Å²) in [5.74, 6) is -0.205. The van der Waals surface area contributed by atoms with Gasteiger partial charge in [0, 0.05) is 18.0 Å². The molecule has 102 valence electrons. The number of carbonyl (C=O) groups is 1. The predicted octanol–water partition coefficient (Wildman–Crippen LogP) is 3.08. The van der Waals surface area contributed by atoms with Gasteiger partial charge >= 0.3 is 0 Å². The summed E-state index contributed by atoms with van der Waals surface area (Å²) in [6, 6.07) is 6.56. The van der Waals surface area contributed by atoms with Gasteiger partial charge in [-0.1, -0.05) is 0 Å². The van der Waals surface area contributed by atoms with Crippen LogP contribution >= 0.6 is 31.9 Å². The number of phenolic OH excluding ortho intramolecular Hbond substituents is 1. The number of benzene rings is 1. The molecule has 0 aliphatic heterocycles. The maximum Gasteiger partial charge on any atom is 0.271 e. The summed E-state index contributed by atoms with van der Waals surface area (Å²) in [5, 5.41) is 13.4. The third-order valence-electron chi connectivity index (χ3n) is 2.36. The minimum absolute atomic E-state index is 0.114. The van der Waals surface area contributed by atoms with Crippen molar-refractivity contribution < 1.29 is 9.90 Å².